The van der Waals surface area contributed by atoms with Crippen molar-refractivity contribution in [1.82, 2.24) is 4.90 Å². The van der Waals surface area contributed by atoms with E-state index in [1.165, 1.54) is 4.90 Å². The number of likely N-dealkylation sites (N-methyl/N-ethyl adjacent to an activating group) is 1. The number of methoxy groups -OCH3 is 1. The van der Waals surface area contributed by atoms with Crippen LogP contribution in [-0.2, 0) is 9.59 Å². The van der Waals surface area contributed by atoms with Gasteiger partial charge in [0.05, 0.1) is 7.11 Å². The summed E-state index contributed by atoms with van der Waals surface area (Å²) in [6.45, 7) is 2.22. The Hall–Kier alpha value is -2.24. The third-order valence-corrected chi connectivity index (χ3v) is 2.98. The quantitative estimate of drug-likeness (QED) is 0.790. The molecule has 0 spiro atoms. The van der Waals surface area contributed by atoms with Crippen molar-refractivity contribution in [2.75, 3.05) is 27.3 Å². The number of carbonyl (C=O) groups is 2. The molecule has 0 unspecified atom stereocenters. The zero-order valence-electron chi connectivity index (χ0n) is 12.6. The maximum Gasteiger partial charge on any atom is 0.303 e. The summed E-state index contributed by atoms with van der Waals surface area (Å²) in [5.74, 6) is 0.0197. The van der Waals surface area contributed by atoms with Gasteiger partial charge in [0.25, 0.3) is 5.91 Å². The molecule has 0 saturated heterocycles. The first-order valence-electron chi connectivity index (χ1n) is 6.67. The third-order valence-electron chi connectivity index (χ3n) is 2.98. The molecule has 1 amide bonds. The number of rotatable bonds is 8. The van der Waals surface area contributed by atoms with Gasteiger partial charge in [0.15, 0.2) is 18.1 Å². The van der Waals surface area contributed by atoms with E-state index in [1.807, 2.05) is 19.1 Å². The first-order valence-corrected chi connectivity index (χ1v) is 6.67. The van der Waals surface area contributed by atoms with E-state index >= 15 is 0 Å². The Labute approximate surface area is 124 Å². The van der Waals surface area contributed by atoms with Gasteiger partial charge >= 0.3 is 5.97 Å². The molecule has 0 atom stereocenters. The predicted molar refractivity (Wildman–Crippen MR) is 77.7 cm³/mol. The molecule has 0 aliphatic carbocycles. The maximum absolute atomic E-state index is 11.9. The summed E-state index contributed by atoms with van der Waals surface area (Å²) >= 11 is 0. The second-order valence-corrected chi connectivity index (χ2v) is 4.76. The van der Waals surface area contributed by atoms with E-state index in [4.69, 9.17) is 14.6 Å². The van der Waals surface area contributed by atoms with Crippen molar-refractivity contribution in [3.8, 4) is 11.5 Å². The van der Waals surface area contributed by atoms with Crippen molar-refractivity contribution in [3.63, 3.8) is 0 Å². The van der Waals surface area contributed by atoms with Gasteiger partial charge in [0, 0.05) is 20.0 Å². The van der Waals surface area contributed by atoms with E-state index in [9.17, 15) is 9.59 Å². The van der Waals surface area contributed by atoms with E-state index in [2.05, 4.69) is 0 Å². The van der Waals surface area contributed by atoms with Crippen LogP contribution in [0.1, 0.15) is 18.4 Å². The number of aliphatic carboxylic acids is 1. The summed E-state index contributed by atoms with van der Waals surface area (Å²) < 4.78 is 10.7. The number of carbonyl (C=O) groups excluding carboxylic acids is 1. The smallest absolute Gasteiger partial charge is 0.303 e. The number of carboxylic acid groups (broad SMARTS) is 1. The average Bonchev–Trinajstić information content (AvgIpc) is 2.44. The fourth-order valence-corrected chi connectivity index (χ4v) is 1.74. The Kier molecular flexibility index (Phi) is 6.52. The highest BCUT2D eigenvalue weighted by Gasteiger charge is 2.12. The van der Waals surface area contributed by atoms with Crippen molar-refractivity contribution in [1.29, 1.82) is 0 Å². The van der Waals surface area contributed by atoms with Crippen LogP contribution in [-0.4, -0.2) is 49.2 Å². The standard InChI is InChI=1S/C15H21NO5/c1-11-6-7-12(13(9-11)20-3)21-10-14(17)16(2)8-4-5-15(18)19/h6-7,9H,4-5,8,10H2,1-3H3,(H,18,19). The number of nitrogens with zero attached hydrogens (tertiary/aromatic N) is 1. The summed E-state index contributed by atoms with van der Waals surface area (Å²) in [7, 11) is 3.17. The number of ether oxygens (including phenoxy) is 2. The van der Waals surface area contributed by atoms with Crippen LogP contribution >= 0.6 is 0 Å². The zero-order chi connectivity index (χ0) is 15.8. The van der Waals surface area contributed by atoms with Gasteiger partial charge in [-0.1, -0.05) is 6.07 Å². The number of amides is 1. The summed E-state index contributed by atoms with van der Waals surface area (Å²) in [5, 5.41) is 8.56. The molecule has 0 saturated carbocycles. The van der Waals surface area contributed by atoms with E-state index in [0.717, 1.165) is 5.56 Å². The topological polar surface area (TPSA) is 76.1 Å². The fourth-order valence-electron chi connectivity index (χ4n) is 1.74. The van der Waals surface area contributed by atoms with Crippen LogP contribution in [0.25, 0.3) is 0 Å². The normalized spacial score (nSPS) is 10.0. The van der Waals surface area contributed by atoms with Gasteiger partial charge in [0.1, 0.15) is 0 Å². The Bertz CT molecular complexity index is 501. The lowest BCUT2D eigenvalue weighted by atomic mass is 10.2. The fraction of sp³-hybridized carbons (Fsp3) is 0.467. The summed E-state index contributed by atoms with van der Waals surface area (Å²) in [4.78, 5) is 23.8. The van der Waals surface area contributed by atoms with Crippen LogP contribution in [0.15, 0.2) is 18.2 Å². The average molecular weight is 295 g/mol. The molecule has 0 radical (unpaired) electrons. The lowest BCUT2D eigenvalue weighted by Crippen LogP contribution is -2.32. The molecule has 1 N–H and O–H groups in total. The van der Waals surface area contributed by atoms with Gasteiger partial charge in [-0.25, -0.2) is 0 Å². The highest BCUT2D eigenvalue weighted by atomic mass is 16.5. The number of aryl methyl sites for hydroxylation is 1. The monoisotopic (exact) mass is 295 g/mol. The van der Waals surface area contributed by atoms with E-state index < -0.39 is 5.97 Å². The van der Waals surface area contributed by atoms with Crippen molar-refractivity contribution >= 4 is 11.9 Å². The molecule has 116 valence electrons. The van der Waals surface area contributed by atoms with Gasteiger partial charge in [-0.05, 0) is 31.0 Å². The van der Waals surface area contributed by atoms with Crippen LogP contribution in [0.2, 0.25) is 0 Å². The first kappa shape index (κ1) is 16.8. The van der Waals surface area contributed by atoms with Crippen LogP contribution in [0.3, 0.4) is 0 Å². The van der Waals surface area contributed by atoms with Crippen molar-refractivity contribution in [2.24, 2.45) is 0 Å². The molecule has 6 heteroatoms. The van der Waals surface area contributed by atoms with Crippen LogP contribution in [0.5, 0.6) is 11.5 Å². The Morgan fingerprint density at radius 2 is 2.00 bits per heavy atom. The largest absolute Gasteiger partial charge is 0.493 e. The van der Waals surface area contributed by atoms with Gasteiger partial charge in [-0.15, -0.1) is 0 Å². The lowest BCUT2D eigenvalue weighted by Gasteiger charge is -2.17. The SMILES string of the molecule is COc1cc(C)ccc1OCC(=O)N(C)CCCC(=O)O. The number of hydrogen-bond donors (Lipinski definition) is 1. The lowest BCUT2D eigenvalue weighted by molar-refractivity contribution is -0.138. The van der Waals surface area contributed by atoms with Crippen molar-refractivity contribution < 1.29 is 24.2 Å². The second-order valence-electron chi connectivity index (χ2n) is 4.76. The minimum atomic E-state index is -0.864. The van der Waals surface area contributed by atoms with Crippen LogP contribution in [0.4, 0.5) is 0 Å². The second kappa shape index (κ2) is 8.14. The third kappa shape index (κ3) is 5.72. The molecule has 0 heterocycles. The minimum Gasteiger partial charge on any atom is -0.493 e. The Morgan fingerprint density at radius 1 is 1.29 bits per heavy atom. The Balaban J connectivity index is 2.47. The molecule has 1 aromatic carbocycles. The molecule has 21 heavy (non-hydrogen) atoms. The van der Waals surface area contributed by atoms with Crippen LogP contribution in [0, 0.1) is 6.92 Å². The van der Waals surface area contributed by atoms with E-state index in [-0.39, 0.29) is 18.9 Å². The number of benzene rings is 1. The van der Waals surface area contributed by atoms with Crippen LogP contribution < -0.4 is 9.47 Å². The van der Waals surface area contributed by atoms with E-state index in [0.29, 0.717) is 24.5 Å². The zero-order valence-corrected chi connectivity index (χ0v) is 12.6. The highest BCUT2D eigenvalue weighted by Crippen LogP contribution is 2.27. The summed E-state index contributed by atoms with van der Waals surface area (Å²) in [6.07, 6.45) is 0.468. The van der Waals surface area contributed by atoms with Crippen molar-refractivity contribution in [2.45, 2.75) is 19.8 Å². The highest BCUT2D eigenvalue weighted by molar-refractivity contribution is 5.77. The molecule has 0 bridgehead atoms. The van der Waals surface area contributed by atoms with Gasteiger partial charge in [0.2, 0.25) is 0 Å². The summed E-state index contributed by atoms with van der Waals surface area (Å²) in [6, 6.07) is 5.46. The molecule has 0 aromatic heterocycles. The predicted octanol–water partition coefficient (Wildman–Crippen LogP) is 1.71. The molecule has 1 aromatic rings. The minimum absolute atomic E-state index is 0.0459. The molecular weight excluding hydrogens is 274 g/mol. The molecule has 0 aliphatic heterocycles. The van der Waals surface area contributed by atoms with Crippen molar-refractivity contribution in [3.05, 3.63) is 23.8 Å². The number of carboxylic acids is 1. The first-order chi connectivity index (χ1) is 9.93. The number of hydrogen-bond acceptors (Lipinski definition) is 4. The summed E-state index contributed by atoms with van der Waals surface area (Å²) in [5.41, 5.74) is 1.04. The van der Waals surface area contributed by atoms with Gasteiger partial charge in [-0.2, -0.15) is 0 Å². The Morgan fingerprint density at radius 3 is 2.62 bits per heavy atom. The molecule has 0 aliphatic rings. The maximum atomic E-state index is 11.9. The van der Waals surface area contributed by atoms with E-state index in [1.54, 1.807) is 20.2 Å². The molecule has 6 nitrogen and oxygen atoms in total. The van der Waals surface area contributed by atoms with Gasteiger partial charge < -0.3 is 19.5 Å². The molecular formula is C15H21NO5. The van der Waals surface area contributed by atoms with Gasteiger partial charge in [-0.3, -0.25) is 9.59 Å². The molecule has 0 fully saturated rings. The molecule has 1 rings (SSSR count).